The van der Waals surface area contributed by atoms with Crippen LogP contribution in [0.15, 0.2) is 10.5 Å². The highest BCUT2D eigenvalue weighted by Crippen LogP contribution is 2.39. The summed E-state index contributed by atoms with van der Waals surface area (Å²) in [5.74, 6) is 0.570. The smallest absolute Gasteiger partial charge is 0.341 e. The van der Waals surface area contributed by atoms with Crippen LogP contribution in [-0.2, 0) is 4.74 Å². The maximum Gasteiger partial charge on any atom is 0.341 e. The third-order valence-electron chi connectivity index (χ3n) is 2.87. The zero-order valence-corrected chi connectivity index (χ0v) is 10.3. The van der Waals surface area contributed by atoms with Crippen molar-refractivity contribution in [2.24, 2.45) is 0 Å². The topological polar surface area (TPSA) is 92.7 Å². The summed E-state index contributed by atoms with van der Waals surface area (Å²) in [5, 5.41) is 18.2. The number of carbonyl (C=O) groups excluding carboxylic acids is 1. The van der Waals surface area contributed by atoms with Gasteiger partial charge in [0.05, 0.1) is 13.2 Å². The number of ether oxygens (including phenoxy) is 2. The SMILES string of the molecule is CCOC(=O)c1cc([C@H]2[OH+][C@@H]2[C@H](O)CO)oc1C. The highest BCUT2D eigenvalue weighted by atomic mass is 16.6. The number of aliphatic hydroxyl groups excluding tert-OH is 2. The Labute approximate surface area is 104 Å². The molecule has 0 spiro atoms. The van der Waals surface area contributed by atoms with Crippen LogP contribution < -0.4 is 0 Å². The van der Waals surface area contributed by atoms with Gasteiger partial charge in [0.2, 0.25) is 0 Å². The molecule has 0 unspecified atom stereocenters. The second-order valence-electron chi connectivity index (χ2n) is 4.17. The summed E-state index contributed by atoms with van der Waals surface area (Å²) in [6.07, 6.45) is -1.52. The molecule has 1 aromatic rings. The molecular weight excluding hydrogens is 240 g/mol. The number of epoxide rings is 1. The van der Waals surface area contributed by atoms with Crippen LogP contribution >= 0.6 is 0 Å². The molecule has 2 heterocycles. The quantitative estimate of drug-likeness (QED) is 0.442. The fourth-order valence-electron chi connectivity index (χ4n) is 1.86. The van der Waals surface area contributed by atoms with Crippen LogP contribution in [0.2, 0.25) is 0 Å². The normalized spacial score (nSPS) is 23.8. The van der Waals surface area contributed by atoms with Gasteiger partial charge in [0.1, 0.15) is 11.3 Å². The predicted octanol–water partition coefficient (Wildman–Crippen LogP) is 0.0692. The lowest BCUT2D eigenvalue weighted by molar-refractivity contribution is 0.0348. The standard InChI is InChI=1S/C12H16O6/c1-3-16-12(15)7-4-9(17-6(7)2)11-10(18-11)8(14)5-13/h4,8,10-11,13-14H,3,5H2,1-2H3/p+1/t8-,10-,11-/m1/s1. The lowest BCUT2D eigenvalue weighted by atomic mass is 10.1. The van der Waals surface area contributed by atoms with Gasteiger partial charge in [-0.2, -0.15) is 0 Å². The molecule has 6 nitrogen and oxygen atoms in total. The summed E-state index contributed by atoms with van der Waals surface area (Å²) in [6.45, 7) is 3.38. The maximum absolute atomic E-state index is 11.6. The van der Waals surface area contributed by atoms with Crippen molar-refractivity contribution in [2.75, 3.05) is 13.2 Å². The largest absolute Gasteiger partial charge is 0.462 e. The fourth-order valence-corrected chi connectivity index (χ4v) is 1.86. The number of rotatable bonds is 5. The number of aliphatic hydroxyl groups is 4. The Balaban J connectivity index is 2.09. The summed E-state index contributed by atoms with van der Waals surface area (Å²) in [4.78, 5) is 11.6. The summed E-state index contributed by atoms with van der Waals surface area (Å²) in [5.41, 5.74) is 0.381. The van der Waals surface area contributed by atoms with Crippen molar-refractivity contribution in [3.63, 3.8) is 0 Å². The van der Waals surface area contributed by atoms with Crippen molar-refractivity contribution >= 4 is 5.97 Å². The number of esters is 1. The van der Waals surface area contributed by atoms with E-state index < -0.39 is 12.1 Å². The summed E-state index contributed by atoms with van der Waals surface area (Å²) >= 11 is 0. The van der Waals surface area contributed by atoms with Crippen LogP contribution in [0.5, 0.6) is 0 Å². The minimum atomic E-state index is -0.883. The Bertz CT molecular complexity index is 438. The van der Waals surface area contributed by atoms with Gasteiger partial charge in [-0.25, -0.2) is 4.79 Å². The van der Waals surface area contributed by atoms with Crippen molar-refractivity contribution in [2.45, 2.75) is 32.2 Å². The van der Waals surface area contributed by atoms with Gasteiger partial charge in [-0.15, -0.1) is 0 Å². The lowest BCUT2D eigenvalue weighted by Crippen LogP contribution is -2.19. The van der Waals surface area contributed by atoms with E-state index in [1.807, 2.05) is 0 Å². The number of carbonyl (C=O) groups is 1. The van der Waals surface area contributed by atoms with Gasteiger partial charge in [0.15, 0.2) is 11.9 Å². The highest BCUT2D eigenvalue weighted by molar-refractivity contribution is 5.90. The van der Waals surface area contributed by atoms with Crippen molar-refractivity contribution in [3.8, 4) is 0 Å². The first-order valence-electron chi connectivity index (χ1n) is 5.84. The third-order valence-corrected chi connectivity index (χ3v) is 2.87. The van der Waals surface area contributed by atoms with E-state index in [0.717, 1.165) is 0 Å². The molecule has 100 valence electrons. The van der Waals surface area contributed by atoms with Gasteiger partial charge in [-0.1, -0.05) is 0 Å². The molecule has 6 heteroatoms. The first-order valence-corrected chi connectivity index (χ1v) is 5.84. The molecule has 1 fully saturated rings. The molecule has 1 aliphatic rings. The molecule has 0 saturated carbocycles. The minimum Gasteiger partial charge on any atom is -0.462 e. The van der Waals surface area contributed by atoms with E-state index in [4.69, 9.17) is 14.3 Å². The average molecular weight is 257 g/mol. The Morgan fingerprint density at radius 1 is 1.67 bits per heavy atom. The zero-order chi connectivity index (χ0) is 13.3. The summed E-state index contributed by atoms with van der Waals surface area (Å²) in [7, 11) is 0. The van der Waals surface area contributed by atoms with Gasteiger partial charge >= 0.3 is 5.97 Å². The Morgan fingerprint density at radius 2 is 2.39 bits per heavy atom. The monoisotopic (exact) mass is 257 g/mol. The number of hydrogen-bond acceptors (Lipinski definition) is 5. The van der Waals surface area contributed by atoms with Crippen LogP contribution in [0.1, 0.15) is 34.9 Å². The van der Waals surface area contributed by atoms with Crippen molar-refractivity contribution < 1.29 is 28.9 Å². The Kier molecular flexibility index (Phi) is 3.70. The molecule has 3 N–H and O–H groups in total. The predicted molar refractivity (Wildman–Crippen MR) is 61.2 cm³/mol. The third kappa shape index (κ3) is 2.40. The lowest BCUT2D eigenvalue weighted by Gasteiger charge is -1.97. The molecule has 18 heavy (non-hydrogen) atoms. The van der Waals surface area contributed by atoms with E-state index in [1.165, 1.54) is 0 Å². The van der Waals surface area contributed by atoms with E-state index in [2.05, 4.69) is 4.74 Å². The molecule has 0 bridgehead atoms. The Morgan fingerprint density at radius 3 is 3.00 bits per heavy atom. The summed E-state index contributed by atoms with van der Waals surface area (Å²) < 4.78 is 14.4. The molecule has 0 aliphatic carbocycles. The van der Waals surface area contributed by atoms with Gasteiger partial charge in [0.25, 0.3) is 12.2 Å². The molecule has 1 aromatic heterocycles. The van der Waals surface area contributed by atoms with Crippen molar-refractivity contribution in [1.29, 1.82) is 0 Å². The van der Waals surface area contributed by atoms with Gasteiger partial charge < -0.3 is 24.1 Å². The van der Waals surface area contributed by atoms with Crippen LogP contribution in [0.4, 0.5) is 0 Å². The van der Waals surface area contributed by atoms with E-state index in [-0.39, 0.29) is 18.8 Å². The second-order valence-corrected chi connectivity index (χ2v) is 4.17. The Hall–Kier alpha value is -1.37. The fraction of sp³-hybridized carbons (Fsp3) is 0.583. The highest BCUT2D eigenvalue weighted by Gasteiger charge is 2.56. The van der Waals surface area contributed by atoms with Crippen LogP contribution in [0, 0.1) is 6.92 Å². The maximum atomic E-state index is 11.6. The van der Waals surface area contributed by atoms with Gasteiger partial charge in [-0.05, 0) is 13.8 Å². The summed E-state index contributed by atoms with van der Waals surface area (Å²) in [6, 6.07) is 1.59. The molecule has 0 aromatic carbocycles. The van der Waals surface area contributed by atoms with Gasteiger partial charge in [0, 0.05) is 6.07 Å². The average Bonchev–Trinajstić information content (AvgIpc) is 3.05. The molecule has 3 atom stereocenters. The van der Waals surface area contributed by atoms with E-state index in [0.29, 0.717) is 23.7 Å². The zero-order valence-electron chi connectivity index (χ0n) is 10.3. The molecule has 1 saturated heterocycles. The minimum absolute atomic E-state index is 0.283. The number of furan rings is 1. The van der Waals surface area contributed by atoms with E-state index >= 15 is 0 Å². The van der Waals surface area contributed by atoms with Crippen molar-refractivity contribution in [3.05, 3.63) is 23.2 Å². The molecule has 1 aliphatic heterocycles. The molecular formula is C12H17O6+. The molecule has 0 radical (unpaired) electrons. The van der Waals surface area contributed by atoms with Crippen LogP contribution in [-0.4, -0.2) is 46.3 Å². The second kappa shape index (κ2) is 5.09. The first-order chi connectivity index (χ1) is 8.58. The van der Waals surface area contributed by atoms with E-state index in [9.17, 15) is 9.90 Å². The van der Waals surface area contributed by atoms with Gasteiger partial charge in [-0.3, -0.25) is 0 Å². The molecule has 0 amide bonds. The van der Waals surface area contributed by atoms with Crippen LogP contribution in [0.3, 0.4) is 0 Å². The first kappa shape index (κ1) is 13.1. The van der Waals surface area contributed by atoms with Crippen LogP contribution in [0.25, 0.3) is 0 Å². The number of hydrogen-bond donors (Lipinski definition) is 2. The van der Waals surface area contributed by atoms with Crippen molar-refractivity contribution in [1.82, 2.24) is 0 Å². The molecule has 2 rings (SSSR count). The number of aryl methyl sites for hydroxylation is 1. The van der Waals surface area contributed by atoms with E-state index in [1.54, 1.807) is 19.9 Å².